The molecule has 1 heterocycles. The first kappa shape index (κ1) is 11.1. The number of benzene rings is 1. The van der Waals surface area contributed by atoms with E-state index in [1.54, 1.807) is 25.3 Å². The van der Waals surface area contributed by atoms with Crippen LogP contribution in [0.4, 0.5) is 0 Å². The lowest BCUT2D eigenvalue weighted by Gasteiger charge is -2.20. The van der Waals surface area contributed by atoms with Crippen molar-refractivity contribution in [1.82, 2.24) is 5.32 Å². The van der Waals surface area contributed by atoms with Gasteiger partial charge in [-0.1, -0.05) is 18.2 Å². The summed E-state index contributed by atoms with van der Waals surface area (Å²) in [7, 11) is 1.60. The zero-order valence-corrected chi connectivity index (χ0v) is 10.1. The van der Waals surface area contributed by atoms with Gasteiger partial charge in [0, 0.05) is 16.6 Å². The molecule has 0 aliphatic carbocycles. The van der Waals surface area contributed by atoms with Gasteiger partial charge >= 0.3 is 0 Å². The number of fused-ring (bicyclic) bond motifs is 1. The predicted molar refractivity (Wildman–Crippen MR) is 67.4 cm³/mol. The van der Waals surface area contributed by atoms with Gasteiger partial charge in [0.15, 0.2) is 0 Å². The average Bonchev–Trinajstić information content (AvgIpc) is 2.72. The van der Waals surface area contributed by atoms with Gasteiger partial charge < -0.3 is 11.1 Å². The molecule has 2 aromatic rings. The smallest absolute Gasteiger partial charge is 0.244 e. The van der Waals surface area contributed by atoms with Crippen molar-refractivity contribution >= 4 is 27.3 Å². The predicted octanol–water partition coefficient (Wildman–Crippen LogP) is 1.82. The Bertz CT molecular complexity index is 498. The van der Waals surface area contributed by atoms with Gasteiger partial charge in [0.25, 0.3) is 0 Å². The zero-order valence-electron chi connectivity index (χ0n) is 9.28. The largest absolute Gasteiger partial charge is 0.357 e. The van der Waals surface area contributed by atoms with Crippen molar-refractivity contribution in [2.45, 2.75) is 12.5 Å². The molecule has 1 aromatic carbocycles. The van der Waals surface area contributed by atoms with Crippen LogP contribution in [-0.2, 0) is 10.3 Å². The summed E-state index contributed by atoms with van der Waals surface area (Å²) in [5, 5.41) is 3.72. The van der Waals surface area contributed by atoms with Gasteiger partial charge in [-0.05, 0) is 24.4 Å². The number of hydrogen-bond acceptors (Lipinski definition) is 3. The molecule has 2 rings (SSSR count). The molecule has 0 bridgehead atoms. The first-order chi connectivity index (χ1) is 7.55. The standard InChI is InChI=1S/C12H14N2OS/c1-12(13,11(15)14-2)10-7-8-5-3-4-6-9(8)16-10/h3-7H,13H2,1-2H3,(H,14,15). The Kier molecular flexibility index (Phi) is 2.69. The molecule has 1 unspecified atom stereocenters. The highest BCUT2D eigenvalue weighted by Crippen LogP contribution is 2.31. The highest BCUT2D eigenvalue weighted by Gasteiger charge is 2.31. The molecule has 0 aliphatic rings. The minimum atomic E-state index is -0.960. The van der Waals surface area contributed by atoms with Crippen molar-refractivity contribution in [2.24, 2.45) is 5.73 Å². The number of amides is 1. The maximum absolute atomic E-state index is 11.7. The zero-order chi connectivity index (χ0) is 11.8. The second-order valence-corrected chi connectivity index (χ2v) is 5.01. The minimum absolute atomic E-state index is 0.168. The van der Waals surface area contributed by atoms with Crippen molar-refractivity contribution in [1.29, 1.82) is 0 Å². The summed E-state index contributed by atoms with van der Waals surface area (Å²) in [4.78, 5) is 12.6. The van der Waals surface area contributed by atoms with Crippen LogP contribution in [-0.4, -0.2) is 13.0 Å². The van der Waals surface area contributed by atoms with E-state index in [4.69, 9.17) is 5.73 Å². The minimum Gasteiger partial charge on any atom is -0.357 e. The van der Waals surface area contributed by atoms with E-state index in [1.807, 2.05) is 30.3 Å². The fourth-order valence-electron chi connectivity index (χ4n) is 1.61. The molecule has 0 spiro atoms. The van der Waals surface area contributed by atoms with Crippen LogP contribution in [0.1, 0.15) is 11.8 Å². The first-order valence-corrected chi connectivity index (χ1v) is 5.87. The molecule has 16 heavy (non-hydrogen) atoms. The molecular weight excluding hydrogens is 220 g/mol. The Morgan fingerprint density at radius 3 is 2.75 bits per heavy atom. The van der Waals surface area contributed by atoms with Crippen LogP contribution in [0.15, 0.2) is 30.3 Å². The van der Waals surface area contributed by atoms with E-state index in [2.05, 4.69) is 5.32 Å². The molecular formula is C12H14N2OS. The molecule has 1 aromatic heterocycles. The summed E-state index contributed by atoms with van der Waals surface area (Å²) < 4.78 is 1.15. The monoisotopic (exact) mass is 234 g/mol. The molecule has 4 heteroatoms. The fourth-order valence-corrected chi connectivity index (χ4v) is 2.73. The lowest BCUT2D eigenvalue weighted by Crippen LogP contribution is -2.47. The fraction of sp³-hybridized carbons (Fsp3) is 0.250. The lowest BCUT2D eigenvalue weighted by molar-refractivity contribution is -0.125. The first-order valence-electron chi connectivity index (χ1n) is 5.06. The number of thiophene rings is 1. The van der Waals surface area contributed by atoms with Crippen LogP contribution < -0.4 is 11.1 Å². The van der Waals surface area contributed by atoms with E-state index in [1.165, 1.54) is 0 Å². The summed E-state index contributed by atoms with van der Waals surface area (Å²) in [5.41, 5.74) is 5.09. The summed E-state index contributed by atoms with van der Waals surface area (Å²) in [6.45, 7) is 1.73. The van der Waals surface area contributed by atoms with Gasteiger partial charge in [-0.15, -0.1) is 11.3 Å². The number of hydrogen-bond donors (Lipinski definition) is 2. The second kappa shape index (κ2) is 3.88. The topological polar surface area (TPSA) is 55.1 Å². The van der Waals surface area contributed by atoms with Crippen molar-refractivity contribution < 1.29 is 4.79 Å². The summed E-state index contributed by atoms with van der Waals surface area (Å²) in [6, 6.07) is 10.00. The number of carbonyl (C=O) groups excluding carboxylic acids is 1. The summed E-state index contributed by atoms with van der Waals surface area (Å²) in [5.74, 6) is -0.168. The molecule has 0 fully saturated rings. The molecule has 3 nitrogen and oxygen atoms in total. The molecule has 0 saturated heterocycles. The average molecular weight is 234 g/mol. The van der Waals surface area contributed by atoms with Crippen molar-refractivity contribution in [3.05, 3.63) is 35.2 Å². The quantitative estimate of drug-likeness (QED) is 0.832. The van der Waals surface area contributed by atoms with Crippen LogP contribution >= 0.6 is 11.3 Å². The van der Waals surface area contributed by atoms with Crippen molar-refractivity contribution in [3.8, 4) is 0 Å². The molecule has 3 N–H and O–H groups in total. The van der Waals surface area contributed by atoms with Crippen molar-refractivity contribution in [3.63, 3.8) is 0 Å². The van der Waals surface area contributed by atoms with E-state index in [0.717, 1.165) is 15.0 Å². The van der Waals surface area contributed by atoms with Gasteiger partial charge in [0.05, 0.1) is 0 Å². The normalized spacial score (nSPS) is 14.7. The number of nitrogens with one attached hydrogen (secondary N) is 1. The van der Waals surface area contributed by atoms with Crippen LogP contribution in [0, 0.1) is 0 Å². The van der Waals surface area contributed by atoms with Gasteiger partial charge in [-0.2, -0.15) is 0 Å². The molecule has 0 radical (unpaired) electrons. The highest BCUT2D eigenvalue weighted by molar-refractivity contribution is 7.19. The third-order valence-corrected chi connectivity index (χ3v) is 3.99. The SMILES string of the molecule is CNC(=O)C(C)(N)c1cc2ccccc2s1. The van der Waals surface area contributed by atoms with Crippen LogP contribution in [0.3, 0.4) is 0 Å². The third kappa shape index (κ3) is 1.70. The molecule has 0 aliphatic heterocycles. The number of likely N-dealkylation sites (N-methyl/N-ethyl adjacent to an activating group) is 1. The third-order valence-electron chi connectivity index (χ3n) is 2.64. The van der Waals surface area contributed by atoms with Gasteiger partial charge in [-0.25, -0.2) is 0 Å². The number of nitrogens with two attached hydrogens (primary N) is 1. The van der Waals surface area contributed by atoms with Gasteiger partial charge in [0.1, 0.15) is 5.54 Å². The van der Waals surface area contributed by atoms with Gasteiger partial charge in [-0.3, -0.25) is 4.79 Å². The second-order valence-electron chi connectivity index (χ2n) is 3.93. The Morgan fingerprint density at radius 1 is 1.44 bits per heavy atom. The van der Waals surface area contributed by atoms with E-state index < -0.39 is 5.54 Å². The molecule has 1 atom stereocenters. The number of carbonyl (C=O) groups is 1. The Hall–Kier alpha value is -1.39. The maximum atomic E-state index is 11.7. The van der Waals surface area contributed by atoms with E-state index in [0.29, 0.717) is 0 Å². The summed E-state index contributed by atoms with van der Waals surface area (Å²) in [6.07, 6.45) is 0. The van der Waals surface area contributed by atoms with E-state index in [-0.39, 0.29) is 5.91 Å². The molecule has 0 saturated carbocycles. The maximum Gasteiger partial charge on any atom is 0.244 e. The van der Waals surface area contributed by atoms with E-state index >= 15 is 0 Å². The Balaban J connectivity index is 2.51. The van der Waals surface area contributed by atoms with Crippen LogP contribution in [0.2, 0.25) is 0 Å². The van der Waals surface area contributed by atoms with E-state index in [9.17, 15) is 4.79 Å². The lowest BCUT2D eigenvalue weighted by atomic mass is 10.0. The Labute approximate surface area is 98.3 Å². The molecule has 1 amide bonds. The number of rotatable bonds is 2. The van der Waals surface area contributed by atoms with Crippen LogP contribution in [0.5, 0.6) is 0 Å². The highest BCUT2D eigenvalue weighted by atomic mass is 32.1. The van der Waals surface area contributed by atoms with Crippen LogP contribution in [0.25, 0.3) is 10.1 Å². The Morgan fingerprint density at radius 2 is 2.12 bits per heavy atom. The summed E-state index contributed by atoms with van der Waals surface area (Å²) >= 11 is 1.56. The van der Waals surface area contributed by atoms with Crippen molar-refractivity contribution in [2.75, 3.05) is 7.05 Å². The molecule has 84 valence electrons. The van der Waals surface area contributed by atoms with Gasteiger partial charge in [0.2, 0.25) is 5.91 Å².